The number of aromatic nitrogens is 2. The van der Waals surface area contributed by atoms with Crippen LogP contribution in [0.3, 0.4) is 0 Å². The first-order valence-corrected chi connectivity index (χ1v) is 9.96. The minimum absolute atomic E-state index is 0.288. The van der Waals surface area contributed by atoms with E-state index in [9.17, 15) is 4.39 Å². The number of benzene rings is 2. The van der Waals surface area contributed by atoms with Crippen molar-refractivity contribution in [2.45, 2.75) is 25.9 Å². The molecule has 0 radical (unpaired) electrons. The predicted octanol–water partition coefficient (Wildman–Crippen LogP) is 4.61. The zero-order valence-corrected chi connectivity index (χ0v) is 16.2. The average Bonchev–Trinajstić information content (AvgIpc) is 3.31. The molecule has 0 spiro atoms. The molecule has 1 aromatic heterocycles. The van der Waals surface area contributed by atoms with Crippen LogP contribution < -0.4 is 0 Å². The van der Waals surface area contributed by atoms with E-state index in [1.54, 1.807) is 12.1 Å². The highest BCUT2D eigenvalue weighted by atomic mass is 35.5. The Labute approximate surface area is 168 Å². The van der Waals surface area contributed by atoms with Crippen molar-refractivity contribution >= 4 is 17.3 Å². The molecule has 2 aromatic carbocycles. The summed E-state index contributed by atoms with van der Waals surface area (Å²) >= 11 is 6.32. The second-order valence-corrected chi connectivity index (χ2v) is 7.73. The maximum atomic E-state index is 14.6. The number of halogens is 2. The van der Waals surface area contributed by atoms with Crippen LogP contribution in [0.5, 0.6) is 0 Å². The fourth-order valence-corrected chi connectivity index (χ4v) is 4.30. The summed E-state index contributed by atoms with van der Waals surface area (Å²) in [6, 6.07) is 12.5. The fourth-order valence-electron chi connectivity index (χ4n) is 4.13. The van der Waals surface area contributed by atoms with E-state index < -0.39 is 0 Å². The summed E-state index contributed by atoms with van der Waals surface area (Å²) in [5.74, 6) is 0.577. The Hall–Kier alpha value is -2.50. The van der Waals surface area contributed by atoms with Crippen molar-refractivity contribution in [2.24, 2.45) is 4.99 Å². The highest BCUT2D eigenvalue weighted by Gasteiger charge is 2.24. The first kappa shape index (κ1) is 17.6. The summed E-state index contributed by atoms with van der Waals surface area (Å²) in [6.45, 7) is 3.48. The summed E-state index contributed by atoms with van der Waals surface area (Å²) in [5.41, 5.74) is 4.01. The molecule has 4 nitrogen and oxygen atoms in total. The number of aliphatic imine (C=N–C) groups is 1. The summed E-state index contributed by atoms with van der Waals surface area (Å²) < 4.78 is 16.7. The van der Waals surface area contributed by atoms with Gasteiger partial charge in [-0.05, 0) is 56.3 Å². The molecule has 1 fully saturated rings. The molecule has 0 atom stereocenters. The molecule has 2 aliphatic heterocycles. The van der Waals surface area contributed by atoms with Crippen molar-refractivity contribution < 1.29 is 4.39 Å². The van der Waals surface area contributed by atoms with E-state index in [1.807, 2.05) is 30.5 Å². The SMILES string of the molecule is Fc1ccccc1C1=NCc2ncc(CN3CCCC3)n2-c2ccc(Cl)cc21. The molecule has 6 heteroatoms. The Morgan fingerprint density at radius 3 is 2.68 bits per heavy atom. The van der Waals surface area contributed by atoms with E-state index in [2.05, 4.69) is 14.5 Å². The number of nitrogens with zero attached hydrogens (tertiary/aromatic N) is 4. The summed E-state index contributed by atoms with van der Waals surface area (Å²) in [4.78, 5) is 11.8. The van der Waals surface area contributed by atoms with Crippen molar-refractivity contribution in [3.8, 4) is 5.69 Å². The van der Waals surface area contributed by atoms with Gasteiger partial charge in [0.1, 0.15) is 11.6 Å². The van der Waals surface area contributed by atoms with Crippen molar-refractivity contribution in [1.82, 2.24) is 14.5 Å². The maximum absolute atomic E-state index is 14.6. The lowest BCUT2D eigenvalue weighted by molar-refractivity contribution is 0.325. The van der Waals surface area contributed by atoms with Crippen molar-refractivity contribution in [3.05, 3.63) is 82.1 Å². The molecule has 2 aliphatic rings. The van der Waals surface area contributed by atoms with Gasteiger partial charge in [-0.3, -0.25) is 14.5 Å². The van der Waals surface area contributed by atoms with Crippen molar-refractivity contribution in [1.29, 1.82) is 0 Å². The van der Waals surface area contributed by atoms with Crippen LogP contribution in [-0.2, 0) is 13.1 Å². The van der Waals surface area contributed by atoms with Gasteiger partial charge in [-0.15, -0.1) is 0 Å². The van der Waals surface area contributed by atoms with Gasteiger partial charge in [0, 0.05) is 22.7 Å². The standard InChI is InChI=1S/C22H20ClFN4/c23-15-7-8-20-18(11-15)22(17-5-1-2-6-19(17)24)26-13-21-25-12-16(28(20)21)14-27-9-3-4-10-27/h1-2,5-8,11-12H,3-4,9-10,13-14H2. The van der Waals surface area contributed by atoms with Gasteiger partial charge < -0.3 is 0 Å². The number of rotatable bonds is 3. The maximum Gasteiger partial charge on any atom is 0.135 e. The Morgan fingerprint density at radius 1 is 1.04 bits per heavy atom. The third kappa shape index (κ3) is 3.05. The van der Waals surface area contributed by atoms with Crippen LogP contribution in [0, 0.1) is 5.82 Å². The third-order valence-corrected chi connectivity index (χ3v) is 5.69. The van der Waals surface area contributed by atoms with E-state index in [0.717, 1.165) is 42.4 Å². The molecule has 0 amide bonds. The van der Waals surface area contributed by atoms with Gasteiger partial charge >= 0.3 is 0 Å². The summed E-state index contributed by atoms with van der Waals surface area (Å²) in [5, 5.41) is 0.604. The quantitative estimate of drug-likeness (QED) is 0.649. The summed E-state index contributed by atoms with van der Waals surface area (Å²) in [6.07, 6.45) is 4.43. The normalized spacial score (nSPS) is 16.4. The lowest BCUT2D eigenvalue weighted by atomic mass is 10.00. The zero-order valence-electron chi connectivity index (χ0n) is 15.4. The van der Waals surface area contributed by atoms with Gasteiger partial charge in [0.05, 0.1) is 29.8 Å². The van der Waals surface area contributed by atoms with Gasteiger partial charge in [0.15, 0.2) is 0 Å². The van der Waals surface area contributed by atoms with Crippen molar-refractivity contribution in [3.63, 3.8) is 0 Å². The van der Waals surface area contributed by atoms with Crippen LogP contribution in [-0.4, -0.2) is 33.3 Å². The van der Waals surface area contributed by atoms with Gasteiger partial charge in [0.25, 0.3) is 0 Å². The Kier molecular flexibility index (Phi) is 4.49. The second-order valence-electron chi connectivity index (χ2n) is 7.29. The first-order chi connectivity index (χ1) is 13.7. The van der Waals surface area contributed by atoms with E-state index >= 15 is 0 Å². The molecule has 0 N–H and O–H groups in total. The number of fused-ring (bicyclic) bond motifs is 3. The van der Waals surface area contributed by atoms with Crippen molar-refractivity contribution in [2.75, 3.05) is 13.1 Å². The van der Waals surface area contributed by atoms with E-state index in [0.29, 0.717) is 22.8 Å². The molecule has 1 saturated heterocycles. The predicted molar refractivity (Wildman–Crippen MR) is 109 cm³/mol. The Morgan fingerprint density at radius 2 is 1.86 bits per heavy atom. The largest absolute Gasteiger partial charge is 0.298 e. The topological polar surface area (TPSA) is 33.4 Å². The van der Waals surface area contributed by atoms with Gasteiger partial charge in [-0.2, -0.15) is 0 Å². The highest BCUT2D eigenvalue weighted by molar-refractivity contribution is 6.31. The number of imidazole rings is 1. The highest BCUT2D eigenvalue weighted by Crippen LogP contribution is 2.30. The molecule has 5 rings (SSSR count). The molecule has 3 heterocycles. The molecular weight excluding hydrogens is 375 g/mol. The molecule has 3 aromatic rings. The van der Waals surface area contributed by atoms with Crippen LogP contribution >= 0.6 is 11.6 Å². The second kappa shape index (κ2) is 7.15. The Balaban J connectivity index is 1.66. The Bertz CT molecular complexity index is 1070. The number of likely N-dealkylation sites (tertiary alicyclic amines) is 1. The van der Waals surface area contributed by atoms with Gasteiger partial charge in [-0.1, -0.05) is 23.7 Å². The van der Waals surface area contributed by atoms with Crippen LogP contribution in [0.4, 0.5) is 4.39 Å². The fraction of sp³-hybridized carbons (Fsp3) is 0.273. The third-order valence-electron chi connectivity index (χ3n) is 5.45. The van der Waals surface area contributed by atoms with Crippen LogP contribution in [0.2, 0.25) is 5.02 Å². The van der Waals surface area contributed by atoms with E-state index in [-0.39, 0.29) is 5.82 Å². The lowest BCUT2D eigenvalue weighted by Gasteiger charge is -2.18. The van der Waals surface area contributed by atoms with Gasteiger partial charge in [0.2, 0.25) is 0 Å². The average molecular weight is 395 g/mol. The lowest BCUT2D eigenvalue weighted by Crippen LogP contribution is -2.21. The molecule has 28 heavy (non-hydrogen) atoms. The molecule has 142 valence electrons. The van der Waals surface area contributed by atoms with Crippen LogP contribution in [0.1, 0.15) is 35.5 Å². The molecule has 0 unspecified atom stereocenters. The van der Waals surface area contributed by atoms with Crippen LogP contribution in [0.15, 0.2) is 53.7 Å². The van der Waals surface area contributed by atoms with Crippen LogP contribution in [0.25, 0.3) is 5.69 Å². The first-order valence-electron chi connectivity index (χ1n) is 9.58. The zero-order chi connectivity index (χ0) is 19.1. The number of hydrogen-bond acceptors (Lipinski definition) is 3. The minimum atomic E-state index is -0.288. The number of hydrogen-bond donors (Lipinski definition) is 0. The minimum Gasteiger partial charge on any atom is -0.298 e. The van der Waals surface area contributed by atoms with E-state index in [4.69, 9.17) is 16.6 Å². The summed E-state index contributed by atoms with van der Waals surface area (Å²) in [7, 11) is 0. The monoisotopic (exact) mass is 394 g/mol. The molecule has 0 aliphatic carbocycles. The molecular formula is C22H20ClFN4. The molecule has 0 saturated carbocycles. The molecule has 0 bridgehead atoms. The van der Waals surface area contributed by atoms with E-state index in [1.165, 1.54) is 18.9 Å². The smallest absolute Gasteiger partial charge is 0.135 e. The van der Waals surface area contributed by atoms with Gasteiger partial charge in [-0.25, -0.2) is 9.37 Å².